The van der Waals surface area contributed by atoms with Gasteiger partial charge in [-0.2, -0.15) is 23.5 Å². The number of aromatic nitrogens is 4. The number of anilines is 2. The van der Waals surface area contributed by atoms with Crippen LogP contribution in [0, 0.1) is 11.3 Å². The van der Waals surface area contributed by atoms with Crippen LogP contribution in [0.15, 0.2) is 36.8 Å². The molecule has 1 amide bonds. The van der Waals surface area contributed by atoms with Crippen LogP contribution in [0.3, 0.4) is 0 Å². The molecule has 4 rings (SSSR count). The minimum absolute atomic E-state index is 0.0599. The normalized spacial score (nSPS) is 14.5. The van der Waals surface area contributed by atoms with Crippen LogP contribution in [-0.4, -0.2) is 38.9 Å². The first-order valence-corrected chi connectivity index (χ1v) is 10.4. The molecule has 2 aromatic heterocycles. The summed E-state index contributed by atoms with van der Waals surface area (Å²) >= 11 is 0. The fraction of sp³-hybridized carbons (Fsp3) is 0.318. The number of benzene rings is 1. The molecule has 34 heavy (non-hydrogen) atoms. The van der Waals surface area contributed by atoms with E-state index in [-0.39, 0.29) is 35.1 Å². The number of ether oxygens (including phenoxy) is 1. The number of hydrogen-bond donors (Lipinski definition) is 2. The Bertz CT molecular complexity index is 1240. The molecule has 0 atom stereocenters. The minimum atomic E-state index is -4.72. The number of hydrogen-bond acceptors (Lipinski definition) is 7. The number of carbonyl (C=O) groups excluding carboxylic acids is 1. The number of rotatable bonds is 6. The van der Waals surface area contributed by atoms with Gasteiger partial charge < -0.3 is 15.8 Å². The Kier molecular flexibility index (Phi) is 6.47. The number of carbonyl (C=O) groups is 1. The quantitative estimate of drug-likeness (QED) is 0.561. The summed E-state index contributed by atoms with van der Waals surface area (Å²) in [6.45, 7) is 1.28. The Hall–Kier alpha value is -3.98. The molecular formula is C22H20F3N7O2. The first kappa shape index (κ1) is 23.2. The van der Waals surface area contributed by atoms with E-state index < -0.39 is 23.3 Å². The van der Waals surface area contributed by atoms with Gasteiger partial charge in [0, 0.05) is 36.7 Å². The summed E-state index contributed by atoms with van der Waals surface area (Å²) in [4.78, 5) is 19.6. The van der Waals surface area contributed by atoms with Crippen LogP contribution >= 0.6 is 0 Å². The molecule has 3 N–H and O–H groups in total. The van der Waals surface area contributed by atoms with E-state index in [2.05, 4.69) is 20.4 Å². The van der Waals surface area contributed by atoms with Gasteiger partial charge in [-0.15, -0.1) is 0 Å². The number of nitrogens with zero attached hydrogens (tertiary/aromatic N) is 5. The van der Waals surface area contributed by atoms with Crippen molar-refractivity contribution >= 4 is 17.5 Å². The Labute approximate surface area is 192 Å². The smallest absolute Gasteiger partial charge is 0.381 e. The lowest BCUT2D eigenvalue weighted by Crippen LogP contribution is -2.19. The molecular weight excluding hydrogens is 451 g/mol. The molecule has 0 spiro atoms. The summed E-state index contributed by atoms with van der Waals surface area (Å²) in [6.07, 6.45) is 0.684. The maximum absolute atomic E-state index is 13.7. The monoisotopic (exact) mass is 471 g/mol. The van der Waals surface area contributed by atoms with Gasteiger partial charge >= 0.3 is 6.18 Å². The minimum Gasteiger partial charge on any atom is -0.381 e. The van der Waals surface area contributed by atoms with E-state index in [0.29, 0.717) is 25.1 Å². The summed E-state index contributed by atoms with van der Waals surface area (Å²) in [5.41, 5.74) is 4.75. The van der Waals surface area contributed by atoms with Crippen molar-refractivity contribution in [2.75, 3.05) is 18.5 Å². The maximum Gasteiger partial charge on any atom is 0.419 e. The fourth-order valence-corrected chi connectivity index (χ4v) is 3.76. The second-order valence-corrected chi connectivity index (χ2v) is 7.70. The van der Waals surface area contributed by atoms with Gasteiger partial charge in [-0.25, -0.2) is 9.97 Å². The molecule has 1 saturated heterocycles. The summed E-state index contributed by atoms with van der Waals surface area (Å²) in [7, 11) is 0. The van der Waals surface area contributed by atoms with Gasteiger partial charge in [0.15, 0.2) is 0 Å². The van der Waals surface area contributed by atoms with Gasteiger partial charge in [-0.3, -0.25) is 9.48 Å². The zero-order chi connectivity index (χ0) is 24.3. The van der Waals surface area contributed by atoms with Gasteiger partial charge in [0.2, 0.25) is 11.9 Å². The molecule has 1 aliphatic heterocycles. The van der Waals surface area contributed by atoms with Crippen molar-refractivity contribution in [3.63, 3.8) is 0 Å². The zero-order valence-electron chi connectivity index (χ0n) is 17.8. The second kappa shape index (κ2) is 9.48. The van der Waals surface area contributed by atoms with Crippen LogP contribution in [0.2, 0.25) is 0 Å². The van der Waals surface area contributed by atoms with Crippen molar-refractivity contribution in [3.05, 3.63) is 53.5 Å². The SMILES string of the molecule is N#CCc1cc(-c2nc(Nc3cnn(C4CCOCC4)c3)ncc2C(F)(F)F)ccc1C(N)=O. The van der Waals surface area contributed by atoms with Crippen molar-refractivity contribution in [1.82, 2.24) is 19.7 Å². The molecule has 3 aromatic rings. The topological polar surface area (TPSA) is 132 Å². The van der Waals surface area contributed by atoms with E-state index in [1.54, 1.807) is 17.1 Å². The van der Waals surface area contributed by atoms with Crippen LogP contribution in [-0.2, 0) is 17.3 Å². The van der Waals surface area contributed by atoms with E-state index in [0.717, 1.165) is 12.8 Å². The molecule has 3 heterocycles. The van der Waals surface area contributed by atoms with Crippen LogP contribution in [0.1, 0.15) is 40.4 Å². The highest BCUT2D eigenvalue weighted by Gasteiger charge is 2.35. The number of nitrogens with one attached hydrogen (secondary N) is 1. The lowest BCUT2D eigenvalue weighted by molar-refractivity contribution is -0.137. The van der Waals surface area contributed by atoms with Crippen LogP contribution < -0.4 is 11.1 Å². The molecule has 1 fully saturated rings. The summed E-state index contributed by atoms with van der Waals surface area (Å²) in [5.74, 6) is -0.838. The predicted octanol–water partition coefficient (Wildman–Crippen LogP) is 3.62. The van der Waals surface area contributed by atoms with Crippen molar-refractivity contribution in [3.8, 4) is 17.3 Å². The number of halogens is 3. The second-order valence-electron chi connectivity index (χ2n) is 7.70. The Morgan fingerprint density at radius 3 is 2.74 bits per heavy atom. The first-order chi connectivity index (χ1) is 16.3. The average Bonchev–Trinajstić information content (AvgIpc) is 3.27. The van der Waals surface area contributed by atoms with Crippen LogP contribution in [0.25, 0.3) is 11.3 Å². The summed E-state index contributed by atoms with van der Waals surface area (Å²) in [5, 5.41) is 16.3. The Morgan fingerprint density at radius 1 is 1.29 bits per heavy atom. The van der Waals surface area contributed by atoms with Crippen LogP contribution in [0.4, 0.5) is 24.8 Å². The third-order valence-electron chi connectivity index (χ3n) is 5.43. The highest BCUT2D eigenvalue weighted by atomic mass is 19.4. The van der Waals surface area contributed by atoms with Crippen molar-refractivity contribution in [2.24, 2.45) is 5.73 Å². The van der Waals surface area contributed by atoms with Crippen molar-refractivity contribution < 1.29 is 22.7 Å². The zero-order valence-corrected chi connectivity index (χ0v) is 17.8. The van der Waals surface area contributed by atoms with E-state index >= 15 is 0 Å². The number of alkyl halides is 3. The molecule has 0 aliphatic carbocycles. The Balaban J connectivity index is 1.69. The highest BCUT2D eigenvalue weighted by Crippen LogP contribution is 2.37. The molecule has 176 valence electrons. The lowest BCUT2D eigenvalue weighted by Gasteiger charge is -2.22. The van der Waals surface area contributed by atoms with E-state index in [1.807, 2.05) is 6.07 Å². The summed E-state index contributed by atoms with van der Waals surface area (Å²) < 4.78 is 48.3. The third kappa shape index (κ3) is 4.99. The van der Waals surface area contributed by atoms with Gasteiger partial charge in [0.05, 0.1) is 36.1 Å². The number of nitriles is 1. The predicted molar refractivity (Wildman–Crippen MR) is 115 cm³/mol. The van der Waals surface area contributed by atoms with Crippen LogP contribution in [0.5, 0.6) is 0 Å². The molecule has 1 aliphatic rings. The van der Waals surface area contributed by atoms with E-state index in [4.69, 9.17) is 15.7 Å². The fourth-order valence-electron chi connectivity index (χ4n) is 3.76. The largest absolute Gasteiger partial charge is 0.419 e. The molecule has 9 nitrogen and oxygen atoms in total. The first-order valence-electron chi connectivity index (χ1n) is 10.4. The molecule has 0 saturated carbocycles. The van der Waals surface area contributed by atoms with Gasteiger partial charge in [0.25, 0.3) is 0 Å². The van der Waals surface area contributed by atoms with Gasteiger partial charge in [0.1, 0.15) is 5.56 Å². The number of nitrogens with two attached hydrogens (primary N) is 1. The summed E-state index contributed by atoms with van der Waals surface area (Å²) in [6, 6.07) is 5.97. The van der Waals surface area contributed by atoms with Gasteiger partial charge in [-0.1, -0.05) is 6.07 Å². The molecule has 0 unspecified atom stereocenters. The highest BCUT2D eigenvalue weighted by molar-refractivity contribution is 5.95. The van der Waals surface area contributed by atoms with E-state index in [9.17, 15) is 18.0 Å². The van der Waals surface area contributed by atoms with Gasteiger partial charge in [-0.05, 0) is 30.5 Å². The van der Waals surface area contributed by atoms with E-state index in [1.165, 1.54) is 18.2 Å². The average molecular weight is 471 g/mol. The number of primary amides is 1. The molecule has 1 aromatic carbocycles. The third-order valence-corrected chi connectivity index (χ3v) is 5.43. The molecule has 12 heteroatoms. The van der Waals surface area contributed by atoms with Crippen molar-refractivity contribution in [1.29, 1.82) is 5.26 Å². The number of amides is 1. The molecule has 0 bridgehead atoms. The van der Waals surface area contributed by atoms with Crippen molar-refractivity contribution in [2.45, 2.75) is 31.5 Å². The Morgan fingerprint density at radius 2 is 2.06 bits per heavy atom. The standard InChI is InChI=1S/C22H20F3N7O2/c23-22(24,25)18-11-28-21(30-15-10-29-32(12-15)16-4-7-34-8-5-16)31-19(18)14-1-2-17(20(27)33)13(9-14)3-6-26/h1-2,9-12,16H,3-5,7-8H2,(H2,27,33)(H,28,30,31). The maximum atomic E-state index is 13.7. The lowest BCUT2D eigenvalue weighted by atomic mass is 9.98. The molecule has 0 radical (unpaired) electrons.